The molecule has 0 amide bonds. The van der Waals surface area contributed by atoms with E-state index in [-0.39, 0.29) is 0 Å². The van der Waals surface area contributed by atoms with Crippen molar-refractivity contribution in [1.29, 1.82) is 0 Å². The second-order valence-electron chi connectivity index (χ2n) is 6.61. The minimum absolute atomic E-state index is 0.706. The molecule has 1 heterocycles. The number of unbranched alkanes of at least 4 members (excludes halogenated alkanes) is 7. The summed E-state index contributed by atoms with van der Waals surface area (Å²) in [5.41, 5.74) is 1.30. The molecule has 0 aliphatic carbocycles. The molecule has 0 radical (unpaired) electrons. The maximum Gasteiger partial charge on any atom is 0.0534 e. The molecule has 3 heteroatoms. The van der Waals surface area contributed by atoms with Crippen LogP contribution >= 0.6 is 0 Å². The van der Waals surface area contributed by atoms with Gasteiger partial charge in [-0.25, -0.2) is 0 Å². The first kappa shape index (κ1) is 18.2. The maximum absolute atomic E-state index is 4.45. The largest absolute Gasteiger partial charge is 0.312 e. The fraction of sp³-hybridized carbons (Fsp3) is 0.833. The SMILES string of the molecule is CCCCCCCCCCn1cc(CNCC(C)C)cn1. The number of hydrogen-bond donors (Lipinski definition) is 1. The van der Waals surface area contributed by atoms with Gasteiger partial charge in [-0.05, 0) is 18.9 Å². The predicted molar refractivity (Wildman–Crippen MR) is 91.4 cm³/mol. The second kappa shape index (κ2) is 11.8. The van der Waals surface area contributed by atoms with E-state index in [1.165, 1.54) is 56.9 Å². The van der Waals surface area contributed by atoms with Crippen LogP contribution in [-0.2, 0) is 13.1 Å². The molecule has 1 aromatic rings. The molecule has 0 fully saturated rings. The number of nitrogens with one attached hydrogen (secondary N) is 1. The summed E-state index contributed by atoms with van der Waals surface area (Å²) < 4.78 is 2.10. The first-order chi connectivity index (χ1) is 10.2. The summed E-state index contributed by atoms with van der Waals surface area (Å²) in [6.45, 7) is 9.83. The third-order valence-electron chi connectivity index (χ3n) is 3.81. The van der Waals surface area contributed by atoms with Crippen molar-refractivity contribution in [2.75, 3.05) is 6.54 Å². The van der Waals surface area contributed by atoms with Crippen molar-refractivity contribution in [3.05, 3.63) is 18.0 Å². The van der Waals surface area contributed by atoms with E-state index in [0.717, 1.165) is 19.6 Å². The Morgan fingerprint density at radius 1 is 1.05 bits per heavy atom. The Morgan fingerprint density at radius 2 is 1.71 bits per heavy atom. The Kier molecular flexibility index (Phi) is 10.2. The van der Waals surface area contributed by atoms with Crippen LogP contribution in [-0.4, -0.2) is 16.3 Å². The Hall–Kier alpha value is -0.830. The molecule has 3 nitrogen and oxygen atoms in total. The molecular formula is C18H35N3. The van der Waals surface area contributed by atoms with Crippen molar-refractivity contribution in [2.45, 2.75) is 85.2 Å². The summed E-state index contributed by atoms with van der Waals surface area (Å²) in [5.74, 6) is 0.706. The molecule has 1 N–H and O–H groups in total. The Morgan fingerprint density at radius 3 is 2.38 bits per heavy atom. The number of aryl methyl sites for hydroxylation is 1. The highest BCUT2D eigenvalue weighted by Crippen LogP contribution is 2.09. The zero-order valence-corrected chi connectivity index (χ0v) is 14.4. The highest BCUT2D eigenvalue weighted by Gasteiger charge is 1.99. The number of rotatable bonds is 13. The topological polar surface area (TPSA) is 29.9 Å². The van der Waals surface area contributed by atoms with Crippen molar-refractivity contribution >= 4 is 0 Å². The number of aromatic nitrogens is 2. The molecule has 0 aliphatic rings. The van der Waals surface area contributed by atoms with E-state index >= 15 is 0 Å². The number of nitrogens with zero attached hydrogens (tertiary/aromatic N) is 2. The molecule has 21 heavy (non-hydrogen) atoms. The van der Waals surface area contributed by atoms with Gasteiger partial charge in [0, 0.05) is 24.8 Å². The maximum atomic E-state index is 4.45. The lowest BCUT2D eigenvalue weighted by Gasteiger charge is -2.05. The Balaban J connectivity index is 2.01. The lowest BCUT2D eigenvalue weighted by Crippen LogP contribution is -2.18. The molecule has 1 aromatic heterocycles. The van der Waals surface area contributed by atoms with Crippen molar-refractivity contribution in [3.63, 3.8) is 0 Å². The normalized spacial score (nSPS) is 11.4. The third-order valence-corrected chi connectivity index (χ3v) is 3.81. The van der Waals surface area contributed by atoms with Crippen LogP contribution in [0.2, 0.25) is 0 Å². The highest BCUT2D eigenvalue weighted by atomic mass is 15.3. The van der Waals surface area contributed by atoms with E-state index in [1.807, 2.05) is 6.20 Å². The highest BCUT2D eigenvalue weighted by molar-refractivity contribution is 5.03. The van der Waals surface area contributed by atoms with E-state index in [0.29, 0.717) is 5.92 Å². The average Bonchev–Trinajstić information content (AvgIpc) is 2.89. The third kappa shape index (κ3) is 9.67. The summed E-state index contributed by atoms with van der Waals surface area (Å²) in [6, 6.07) is 0. The summed E-state index contributed by atoms with van der Waals surface area (Å²) in [7, 11) is 0. The van der Waals surface area contributed by atoms with Crippen LogP contribution in [0.5, 0.6) is 0 Å². The summed E-state index contributed by atoms with van der Waals surface area (Å²) in [5, 5.41) is 7.91. The molecule has 0 saturated carbocycles. The van der Waals surface area contributed by atoms with Gasteiger partial charge in [0.05, 0.1) is 6.20 Å². The van der Waals surface area contributed by atoms with Crippen LogP contribution in [0.25, 0.3) is 0 Å². The van der Waals surface area contributed by atoms with Gasteiger partial charge in [0.15, 0.2) is 0 Å². The van der Waals surface area contributed by atoms with Crippen LogP contribution in [0.15, 0.2) is 12.4 Å². The van der Waals surface area contributed by atoms with Gasteiger partial charge in [-0.15, -0.1) is 0 Å². The first-order valence-corrected chi connectivity index (χ1v) is 8.94. The van der Waals surface area contributed by atoms with Gasteiger partial charge in [-0.2, -0.15) is 5.10 Å². The predicted octanol–water partition coefficient (Wildman–Crippen LogP) is 4.77. The van der Waals surface area contributed by atoms with Crippen molar-refractivity contribution in [3.8, 4) is 0 Å². The van der Waals surface area contributed by atoms with Gasteiger partial charge in [0.1, 0.15) is 0 Å². The zero-order valence-electron chi connectivity index (χ0n) is 14.4. The van der Waals surface area contributed by atoms with E-state index in [2.05, 4.69) is 42.1 Å². The van der Waals surface area contributed by atoms with Gasteiger partial charge >= 0.3 is 0 Å². The van der Waals surface area contributed by atoms with Gasteiger partial charge in [-0.3, -0.25) is 4.68 Å². The van der Waals surface area contributed by atoms with Crippen LogP contribution in [0.1, 0.15) is 77.7 Å². The second-order valence-corrected chi connectivity index (χ2v) is 6.61. The van der Waals surface area contributed by atoms with Crippen LogP contribution < -0.4 is 5.32 Å². The standard InChI is InChI=1S/C18H35N3/c1-4-5-6-7-8-9-10-11-12-21-16-18(15-20-21)14-19-13-17(2)3/h15-17,19H,4-14H2,1-3H3. The monoisotopic (exact) mass is 293 g/mol. The molecule has 0 bridgehead atoms. The summed E-state index contributed by atoms with van der Waals surface area (Å²) >= 11 is 0. The summed E-state index contributed by atoms with van der Waals surface area (Å²) in [6.07, 6.45) is 15.2. The molecular weight excluding hydrogens is 258 g/mol. The Labute approximate surface area is 131 Å². The first-order valence-electron chi connectivity index (χ1n) is 8.94. The lowest BCUT2D eigenvalue weighted by molar-refractivity contribution is 0.519. The van der Waals surface area contributed by atoms with E-state index < -0.39 is 0 Å². The minimum atomic E-state index is 0.706. The van der Waals surface area contributed by atoms with Gasteiger partial charge in [0.25, 0.3) is 0 Å². The average molecular weight is 293 g/mol. The van der Waals surface area contributed by atoms with Crippen LogP contribution in [0.4, 0.5) is 0 Å². The van der Waals surface area contributed by atoms with Gasteiger partial charge in [-0.1, -0.05) is 65.7 Å². The van der Waals surface area contributed by atoms with Crippen molar-refractivity contribution in [2.24, 2.45) is 5.92 Å². The van der Waals surface area contributed by atoms with Crippen molar-refractivity contribution in [1.82, 2.24) is 15.1 Å². The van der Waals surface area contributed by atoms with E-state index in [1.54, 1.807) is 0 Å². The van der Waals surface area contributed by atoms with Gasteiger partial charge < -0.3 is 5.32 Å². The summed E-state index contributed by atoms with van der Waals surface area (Å²) in [4.78, 5) is 0. The molecule has 0 saturated heterocycles. The van der Waals surface area contributed by atoms with E-state index in [4.69, 9.17) is 0 Å². The molecule has 0 aromatic carbocycles. The van der Waals surface area contributed by atoms with Crippen LogP contribution in [0.3, 0.4) is 0 Å². The molecule has 122 valence electrons. The molecule has 0 aliphatic heterocycles. The van der Waals surface area contributed by atoms with E-state index in [9.17, 15) is 0 Å². The van der Waals surface area contributed by atoms with Crippen molar-refractivity contribution < 1.29 is 0 Å². The van der Waals surface area contributed by atoms with Gasteiger partial charge in [0.2, 0.25) is 0 Å². The lowest BCUT2D eigenvalue weighted by atomic mass is 10.1. The minimum Gasteiger partial charge on any atom is -0.312 e. The zero-order chi connectivity index (χ0) is 15.3. The quantitative estimate of drug-likeness (QED) is 0.531. The number of hydrogen-bond acceptors (Lipinski definition) is 2. The molecule has 0 spiro atoms. The molecule has 0 atom stereocenters. The molecule has 1 rings (SSSR count). The molecule has 0 unspecified atom stereocenters. The fourth-order valence-electron chi connectivity index (χ4n) is 2.53. The Bertz CT molecular complexity index is 344. The smallest absolute Gasteiger partial charge is 0.0534 e. The van der Waals surface area contributed by atoms with Crippen LogP contribution in [0, 0.1) is 5.92 Å². The fourth-order valence-corrected chi connectivity index (χ4v) is 2.53.